The van der Waals surface area contributed by atoms with E-state index in [1.54, 1.807) is 24.4 Å². The highest BCUT2D eigenvalue weighted by atomic mass is 35.5. The first-order valence-corrected chi connectivity index (χ1v) is 7.86. The Morgan fingerprint density at radius 2 is 2.13 bits per heavy atom. The van der Waals surface area contributed by atoms with Crippen molar-refractivity contribution >= 4 is 28.9 Å². The minimum atomic E-state index is -0.475. The molecule has 0 unspecified atom stereocenters. The second kappa shape index (κ2) is 7.86. The van der Waals surface area contributed by atoms with Crippen molar-refractivity contribution in [3.8, 4) is 6.07 Å². The third-order valence-electron chi connectivity index (χ3n) is 3.77. The number of amides is 1. The summed E-state index contributed by atoms with van der Waals surface area (Å²) in [4.78, 5) is 16.6. The zero-order chi connectivity index (χ0) is 16.8. The van der Waals surface area contributed by atoms with Crippen LogP contribution in [-0.4, -0.2) is 48.4 Å². The fourth-order valence-corrected chi connectivity index (χ4v) is 2.59. The van der Waals surface area contributed by atoms with E-state index in [-0.39, 0.29) is 5.57 Å². The zero-order valence-corrected chi connectivity index (χ0v) is 13.8. The number of benzene rings is 1. The van der Waals surface area contributed by atoms with E-state index in [0.717, 1.165) is 32.7 Å². The monoisotopic (exact) mass is 333 g/mol. The van der Waals surface area contributed by atoms with Gasteiger partial charge in [-0.3, -0.25) is 4.79 Å². The summed E-state index contributed by atoms with van der Waals surface area (Å²) in [6, 6.07) is 6.76. The molecule has 1 aromatic carbocycles. The Labute approximate surface area is 141 Å². The Balaban J connectivity index is 2.04. The van der Waals surface area contributed by atoms with E-state index in [1.165, 1.54) is 0 Å². The van der Waals surface area contributed by atoms with Gasteiger partial charge in [-0.05, 0) is 24.7 Å². The molecule has 3 N–H and O–H groups in total. The summed E-state index contributed by atoms with van der Waals surface area (Å²) in [5.41, 5.74) is 6.62. The van der Waals surface area contributed by atoms with E-state index >= 15 is 0 Å². The van der Waals surface area contributed by atoms with Gasteiger partial charge < -0.3 is 20.9 Å². The maximum Gasteiger partial charge on any atom is 0.267 e. The zero-order valence-electron chi connectivity index (χ0n) is 13.1. The standard InChI is InChI=1S/C16H20ClN5O/c1-2-21-5-7-22(8-6-21)11-12(10-18)16(23)20-15-4-3-13(19)9-14(15)17/h3-4,9,11H,2,5-8,19H2,1H3,(H,20,23)/b12-11-. The largest absolute Gasteiger partial charge is 0.399 e. The Morgan fingerprint density at radius 3 is 2.70 bits per heavy atom. The van der Waals surface area contributed by atoms with Crippen LogP contribution in [0.15, 0.2) is 30.0 Å². The summed E-state index contributed by atoms with van der Waals surface area (Å²) in [5.74, 6) is -0.475. The first-order chi connectivity index (χ1) is 11.0. The quantitative estimate of drug-likeness (QED) is 0.499. The van der Waals surface area contributed by atoms with Crippen LogP contribution in [-0.2, 0) is 4.79 Å². The van der Waals surface area contributed by atoms with Crippen molar-refractivity contribution in [1.29, 1.82) is 5.26 Å². The molecule has 0 aliphatic carbocycles. The number of nitrogen functional groups attached to an aromatic ring is 1. The predicted octanol–water partition coefficient (Wildman–Crippen LogP) is 1.91. The number of piperazine rings is 1. The number of carbonyl (C=O) groups is 1. The third-order valence-corrected chi connectivity index (χ3v) is 4.08. The summed E-state index contributed by atoms with van der Waals surface area (Å²) in [6.45, 7) is 6.59. The molecule has 0 bridgehead atoms. The van der Waals surface area contributed by atoms with Gasteiger partial charge in [-0.1, -0.05) is 18.5 Å². The van der Waals surface area contributed by atoms with E-state index in [1.807, 2.05) is 11.0 Å². The molecule has 23 heavy (non-hydrogen) atoms. The lowest BCUT2D eigenvalue weighted by molar-refractivity contribution is -0.112. The summed E-state index contributed by atoms with van der Waals surface area (Å²) in [5, 5.41) is 12.2. The number of hydrogen-bond donors (Lipinski definition) is 2. The molecule has 7 heteroatoms. The topological polar surface area (TPSA) is 85.4 Å². The molecule has 1 aliphatic rings. The molecular weight excluding hydrogens is 314 g/mol. The molecule has 6 nitrogen and oxygen atoms in total. The summed E-state index contributed by atoms with van der Waals surface area (Å²) < 4.78 is 0. The van der Waals surface area contributed by atoms with Gasteiger partial charge in [0.15, 0.2) is 0 Å². The summed E-state index contributed by atoms with van der Waals surface area (Å²) in [7, 11) is 0. The second-order valence-corrected chi connectivity index (χ2v) is 5.73. The lowest BCUT2D eigenvalue weighted by atomic mass is 10.2. The number of carbonyl (C=O) groups excluding carboxylic acids is 1. The number of anilines is 2. The predicted molar refractivity (Wildman–Crippen MR) is 91.9 cm³/mol. The van der Waals surface area contributed by atoms with Crippen molar-refractivity contribution in [3.05, 3.63) is 35.0 Å². The van der Waals surface area contributed by atoms with E-state index in [0.29, 0.717) is 16.4 Å². The average molecular weight is 334 g/mol. The fraction of sp³-hybridized carbons (Fsp3) is 0.375. The van der Waals surface area contributed by atoms with E-state index < -0.39 is 5.91 Å². The first kappa shape index (κ1) is 17.1. The van der Waals surface area contributed by atoms with Gasteiger partial charge in [0.2, 0.25) is 0 Å². The van der Waals surface area contributed by atoms with Gasteiger partial charge in [0.25, 0.3) is 5.91 Å². The molecule has 2 rings (SSSR count). The van der Waals surface area contributed by atoms with Crippen molar-refractivity contribution in [1.82, 2.24) is 9.80 Å². The maximum atomic E-state index is 12.2. The fourth-order valence-electron chi connectivity index (χ4n) is 2.35. The van der Waals surface area contributed by atoms with Crippen LogP contribution in [0.2, 0.25) is 5.02 Å². The van der Waals surface area contributed by atoms with Gasteiger partial charge >= 0.3 is 0 Å². The minimum absolute atomic E-state index is 0.0582. The molecule has 1 aromatic rings. The number of likely N-dealkylation sites (N-methyl/N-ethyl adjacent to an activating group) is 1. The molecule has 0 radical (unpaired) electrons. The number of halogens is 1. The van der Waals surface area contributed by atoms with E-state index in [9.17, 15) is 10.1 Å². The highest BCUT2D eigenvalue weighted by Gasteiger charge is 2.17. The molecule has 1 heterocycles. The lowest BCUT2D eigenvalue weighted by Crippen LogP contribution is -2.44. The maximum absolute atomic E-state index is 12.2. The number of nitrogens with two attached hydrogens (primary N) is 1. The molecule has 0 saturated carbocycles. The summed E-state index contributed by atoms with van der Waals surface area (Å²) in [6.07, 6.45) is 1.62. The highest BCUT2D eigenvalue weighted by Crippen LogP contribution is 2.24. The first-order valence-electron chi connectivity index (χ1n) is 7.48. The van der Waals surface area contributed by atoms with Crippen molar-refractivity contribution in [2.75, 3.05) is 43.8 Å². The van der Waals surface area contributed by atoms with Crippen molar-refractivity contribution < 1.29 is 4.79 Å². The van der Waals surface area contributed by atoms with Crippen LogP contribution in [0.25, 0.3) is 0 Å². The Hall–Kier alpha value is -2.23. The molecule has 1 amide bonds. The average Bonchev–Trinajstić information content (AvgIpc) is 2.55. The van der Waals surface area contributed by atoms with Crippen LogP contribution in [0.3, 0.4) is 0 Å². The number of hydrogen-bond acceptors (Lipinski definition) is 5. The van der Waals surface area contributed by atoms with Crippen molar-refractivity contribution in [2.24, 2.45) is 0 Å². The van der Waals surface area contributed by atoms with E-state index in [2.05, 4.69) is 17.1 Å². The van der Waals surface area contributed by atoms with Crippen molar-refractivity contribution in [3.63, 3.8) is 0 Å². The SMILES string of the molecule is CCN1CCN(/C=C(/C#N)C(=O)Nc2ccc(N)cc2Cl)CC1. The Morgan fingerprint density at radius 1 is 1.43 bits per heavy atom. The highest BCUT2D eigenvalue weighted by molar-refractivity contribution is 6.34. The van der Waals surface area contributed by atoms with Crippen LogP contribution in [0.5, 0.6) is 0 Å². The van der Waals surface area contributed by atoms with Gasteiger partial charge in [0.05, 0.1) is 10.7 Å². The molecule has 1 aliphatic heterocycles. The summed E-state index contributed by atoms with van der Waals surface area (Å²) >= 11 is 6.03. The van der Waals surface area contributed by atoms with Gasteiger partial charge in [0.1, 0.15) is 11.6 Å². The van der Waals surface area contributed by atoms with Gasteiger partial charge in [0, 0.05) is 38.1 Å². The number of rotatable bonds is 4. The van der Waals surface area contributed by atoms with Crippen LogP contribution in [0.4, 0.5) is 11.4 Å². The molecule has 0 aromatic heterocycles. The van der Waals surface area contributed by atoms with Crippen LogP contribution in [0, 0.1) is 11.3 Å². The second-order valence-electron chi connectivity index (χ2n) is 5.32. The normalized spacial score (nSPS) is 16.0. The Bertz CT molecular complexity index is 644. The van der Waals surface area contributed by atoms with Crippen LogP contribution in [0.1, 0.15) is 6.92 Å². The number of nitrogens with one attached hydrogen (secondary N) is 1. The molecular formula is C16H20ClN5O. The van der Waals surface area contributed by atoms with E-state index in [4.69, 9.17) is 17.3 Å². The molecule has 1 saturated heterocycles. The third kappa shape index (κ3) is 4.62. The molecule has 122 valence electrons. The number of nitriles is 1. The Kier molecular flexibility index (Phi) is 5.85. The van der Waals surface area contributed by atoms with Crippen LogP contribution < -0.4 is 11.1 Å². The van der Waals surface area contributed by atoms with Gasteiger partial charge in [-0.15, -0.1) is 0 Å². The smallest absolute Gasteiger partial charge is 0.267 e. The number of nitrogens with zero attached hydrogens (tertiary/aromatic N) is 3. The van der Waals surface area contributed by atoms with Gasteiger partial charge in [-0.2, -0.15) is 5.26 Å². The molecule has 0 atom stereocenters. The molecule has 1 fully saturated rings. The minimum Gasteiger partial charge on any atom is -0.399 e. The van der Waals surface area contributed by atoms with Gasteiger partial charge in [-0.25, -0.2) is 0 Å². The molecule has 0 spiro atoms. The lowest BCUT2D eigenvalue weighted by Gasteiger charge is -2.33. The van der Waals surface area contributed by atoms with Crippen molar-refractivity contribution in [2.45, 2.75) is 6.92 Å². The van der Waals surface area contributed by atoms with Crippen LogP contribution >= 0.6 is 11.6 Å².